The second-order valence-electron chi connectivity index (χ2n) is 7.20. The Balaban J connectivity index is 1.72. The highest BCUT2D eigenvalue weighted by atomic mass is 16.2. The van der Waals surface area contributed by atoms with Crippen molar-refractivity contribution < 1.29 is 4.79 Å². The number of hydrogen-bond donors (Lipinski definition) is 1. The Morgan fingerprint density at radius 2 is 1.65 bits per heavy atom. The molecule has 1 N–H and O–H groups in total. The third-order valence-corrected chi connectivity index (χ3v) is 5.08. The number of nitrogens with zero attached hydrogens (tertiary/aromatic N) is 4. The van der Waals surface area contributed by atoms with Crippen LogP contribution in [0.5, 0.6) is 0 Å². The van der Waals surface area contributed by atoms with Crippen LogP contribution in [-0.2, 0) is 7.05 Å². The van der Waals surface area contributed by atoms with Crippen LogP contribution < -0.4 is 16.3 Å². The highest BCUT2D eigenvalue weighted by Gasteiger charge is 2.21. The average Bonchev–Trinajstić information content (AvgIpc) is 2.97. The lowest BCUT2D eigenvalue weighted by atomic mass is 10.2. The number of benzene rings is 2. The molecule has 0 fully saturated rings. The molecule has 8 nitrogen and oxygen atoms in total. The van der Waals surface area contributed by atoms with Gasteiger partial charge in [-0.05, 0) is 43.7 Å². The molecule has 0 unspecified atom stereocenters. The maximum atomic E-state index is 13.0. The van der Waals surface area contributed by atoms with Crippen molar-refractivity contribution in [2.45, 2.75) is 13.8 Å². The van der Waals surface area contributed by atoms with Crippen LogP contribution in [-0.4, -0.2) is 25.1 Å². The number of aryl methyl sites for hydroxylation is 1. The van der Waals surface area contributed by atoms with E-state index in [-0.39, 0.29) is 11.4 Å². The molecule has 2 heterocycles. The molecule has 0 saturated heterocycles. The number of amides is 1. The summed E-state index contributed by atoms with van der Waals surface area (Å²) in [6.07, 6.45) is 1.50. The summed E-state index contributed by atoms with van der Waals surface area (Å²) in [6, 6.07) is 17.9. The molecule has 8 heteroatoms. The molecule has 156 valence electrons. The summed E-state index contributed by atoms with van der Waals surface area (Å²) in [5, 5.41) is 6.79. The largest absolute Gasteiger partial charge is 0.314 e. The van der Waals surface area contributed by atoms with Crippen LogP contribution in [0.25, 0.3) is 11.4 Å². The monoisotopic (exact) mass is 415 g/mol. The van der Waals surface area contributed by atoms with E-state index >= 15 is 0 Å². The maximum Gasteiger partial charge on any atom is 0.295 e. The van der Waals surface area contributed by atoms with Gasteiger partial charge in [-0.2, -0.15) is 5.10 Å². The highest BCUT2D eigenvalue weighted by Crippen LogP contribution is 2.14. The number of aromatic nitrogens is 4. The fourth-order valence-electron chi connectivity index (χ4n) is 3.36. The van der Waals surface area contributed by atoms with E-state index < -0.39 is 16.9 Å². The highest BCUT2D eigenvalue weighted by molar-refractivity contribution is 6.02. The van der Waals surface area contributed by atoms with E-state index in [0.717, 1.165) is 11.3 Å². The third-order valence-electron chi connectivity index (χ3n) is 5.08. The first-order chi connectivity index (χ1) is 14.9. The molecule has 2 aromatic carbocycles. The van der Waals surface area contributed by atoms with Gasteiger partial charge in [-0.25, -0.2) is 9.36 Å². The predicted molar refractivity (Wildman–Crippen MR) is 118 cm³/mol. The molecule has 0 aliphatic carbocycles. The van der Waals surface area contributed by atoms with Crippen LogP contribution in [0.15, 0.2) is 76.4 Å². The van der Waals surface area contributed by atoms with Gasteiger partial charge in [0, 0.05) is 19.3 Å². The van der Waals surface area contributed by atoms with Crippen LogP contribution in [0, 0.1) is 13.8 Å². The molecule has 1 amide bonds. The summed E-state index contributed by atoms with van der Waals surface area (Å²) in [6.45, 7) is 3.66. The first kappa shape index (κ1) is 20.1. The van der Waals surface area contributed by atoms with E-state index in [1.165, 1.54) is 21.6 Å². The smallest absolute Gasteiger partial charge is 0.295 e. The van der Waals surface area contributed by atoms with E-state index in [0.29, 0.717) is 11.4 Å². The van der Waals surface area contributed by atoms with Gasteiger partial charge in [0.25, 0.3) is 11.5 Å². The molecule has 0 bridgehead atoms. The fraction of sp³-hybridized carbons (Fsp3) is 0.130. The zero-order chi connectivity index (χ0) is 22.1. The summed E-state index contributed by atoms with van der Waals surface area (Å²) in [5.41, 5.74) is 1.84. The van der Waals surface area contributed by atoms with Gasteiger partial charge in [-0.3, -0.25) is 19.1 Å². The summed E-state index contributed by atoms with van der Waals surface area (Å²) in [7, 11) is 1.73. The van der Waals surface area contributed by atoms with Gasteiger partial charge in [-0.1, -0.05) is 30.3 Å². The second-order valence-corrected chi connectivity index (χ2v) is 7.20. The van der Waals surface area contributed by atoms with Crippen LogP contribution in [0.3, 0.4) is 0 Å². The summed E-state index contributed by atoms with van der Waals surface area (Å²) < 4.78 is 4.56. The Hall–Kier alpha value is -4.20. The molecule has 0 radical (unpaired) electrons. The lowest BCUT2D eigenvalue weighted by Crippen LogP contribution is -2.28. The Morgan fingerprint density at radius 1 is 0.935 bits per heavy atom. The van der Waals surface area contributed by atoms with Gasteiger partial charge < -0.3 is 5.32 Å². The number of hydrogen-bond acceptors (Lipinski definition) is 4. The van der Waals surface area contributed by atoms with Crippen molar-refractivity contribution in [3.63, 3.8) is 0 Å². The summed E-state index contributed by atoms with van der Waals surface area (Å²) in [5.74, 6) is -0.738. The number of carbonyl (C=O) groups is 1. The summed E-state index contributed by atoms with van der Waals surface area (Å²) in [4.78, 5) is 38.3. The van der Waals surface area contributed by atoms with Gasteiger partial charge in [0.2, 0.25) is 5.43 Å². The van der Waals surface area contributed by atoms with E-state index in [2.05, 4.69) is 10.4 Å². The predicted octanol–water partition coefficient (Wildman–Crippen LogP) is 2.59. The van der Waals surface area contributed by atoms with Crippen molar-refractivity contribution in [3.8, 4) is 11.4 Å². The van der Waals surface area contributed by atoms with Crippen LogP contribution in [0.4, 0.5) is 5.69 Å². The number of rotatable bonds is 4. The van der Waals surface area contributed by atoms with E-state index in [9.17, 15) is 14.4 Å². The quantitative estimate of drug-likeness (QED) is 0.555. The standard InChI is InChI=1S/C23H21N5O3/c1-15-8-7-11-18(14-15)27-13-12-19(29)21(25-27)22(30)24-20-16(2)26(3)28(23(20)31)17-9-5-4-6-10-17/h4-14H,1-3H3,(H,24,30). The minimum Gasteiger partial charge on any atom is -0.314 e. The molecular weight excluding hydrogens is 394 g/mol. The van der Waals surface area contributed by atoms with Crippen molar-refractivity contribution >= 4 is 11.6 Å². The molecular formula is C23H21N5O3. The number of anilines is 1. The molecule has 0 saturated carbocycles. The number of nitrogens with one attached hydrogen (secondary N) is 1. The SMILES string of the molecule is Cc1cccc(-n2ccc(=O)c(C(=O)Nc3c(C)n(C)n(-c4ccccc4)c3=O)n2)c1. The lowest BCUT2D eigenvalue weighted by molar-refractivity contribution is 0.101. The van der Waals surface area contributed by atoms with Crippen LogP contribution in [0.2, 0.25) is 0 Å². The summed E-state index contributed by atoms with van der Waals surface area (Å²) >= 11 is 0. The minimum absolute atomic E-state index is 0.100. The molecule has 0 aliphatic heterocycles. The van der Waals surface area contributed by atoms with E-state index in [1.807, 2.05) is 49.4 Å². The molecule has 31 heavy (non-hydrogen) atoms. The van der Waals surface area contributed by atoms with Crippen molar-refractivity contribution in [1.29, 1.82) is 0 Å². The van der Waals surface area contributed by atoms with Crippen molar-refractivity contribution in [2.24, 2.45) is 7.05 Å². The zero-order valence-electron chi connectivity index (χ0n) is 17.4. The zero-order valence-corrected chi connectivity index (χ0v) is 17.4. The van der Waals surface area contributed by atoms with Crippen LogP contribution >= 0.6 is 0 Å². The Kier molecular flexibility index (Phi) is 5.12. The van der Waals surface area contributed by atoms with Gasteiger partial charge in [0.1, 0.15) is 5.69 Å². The Bertz CT molecular complexity index is 1400. The fourth-order valence-corrected chi connectivity index (χ4v) is 3.36. The number of para-hydroxylation sites is 1. The molecule has 0 spiro atoms. The molecule has 4 rings (SSSR count). The third kappa shape index (κ3) is 3.71. The number of carbonyl (C=O) groups excluding carboxylic acids is 1. The Morgan fingerprint density at radius 3 is 2.35 bits per heavy atom. The Labute approximate surface area is 178 Å². The minimum atomic E-state index is -0.738. The van der Waals surface area contributed by atoms with Gasteiger partial charge >= 0.3 is 0 Å². The molecule has 2 aromatic heterocycles. The van der Waals surface area contributed by atoms with E-state index in [1.54, 1.807) is 30.8 Å². The van der Waals surface area contributed by atoms with Gasteiger partial charge in [-0.15, -0.1) is 0 Å². The molecule has 0 aliphatic rings. The molecule has 4 aromatic rings. The average molecular weight is 415 g/mol. The van der Waals surface area contributed by atoms with Gasteiger partial charge in [0.15, 0.2) is 5.69 Å². The van der Waals surface area contributed by atoms with Crippen LogP contribution in [0.1, 0.15) is 21.7 Å². The topological polar surface area (TPSA) is 90.9 Å². The normalized spacial score (nSPS) is 10.8. The lowest BCUT2D eigenvalue weighted by Gasteiger charge is -2.08. The van der Waals surface area contributed by atoms with Gasteiger partial charge in [0.05, 0.1) is 17.1 Å². The first-order valence-electron chi connectivity index (χ1n) is 9.69. The van der Waals surface area contributed by atoms with E-state index in [4.69, 9.17) is 0 Å². The second kappa shape index (κ2) is 7.91. The molecule has 0 atom stereocenters. The maximum absolute atomic E-state index is 13.0. The van der Waals surface area contributed by atoms with Crippen molar-refractivity contribution in [2.75, 3.05) is 5.32 Å². The van der Waals surface area contributed by atoms with Crippen molar-refractivity contribution in [1.82, 2.24) is 19.1 Å². The van der Waals surface area contributed by atoms with Crippen molar-refractivity contribution in [3.05, 3.63) is 104 Å². The first-order valence-corrected chi connectivity index (χ1v) is 9.69.